The lowest BCUT2D eigenvalue weighted by molar-refractivity contribution is 0.276. The van der Waals surface area contributed by atoms with E-state index in [4.69, 9.17) is 0 Å². The zero-order chi connectivity index (χ0) is 13.0. The van der Waals surface area contributed by atoms with E-state index in [0.29, 0.717) is 5.41 Å². The van der Waals surface area contributed by atoms with Crippen LogP contribution in [0.15, 0.2) is 0 Å². The van der Waals surface area contributed by atoms with Crippen molar-refractivity contribution in [2.45, 2.75) is 77.8 Å². The Morgan fingerprint density at radius 3 is 2.61 bits per heavy atom. The molecule has 0 aromatic carbocycles. The zero-order valence-corrected chi connectivity index (χ0v) is 12.7. The summed E-state index contributed by atoms with van der Waals surface area (Å²) in [6.07, 6.45) is 9.76. The van der Waals surface area contributed by atoms with E-state index in [9.17, 15) is 0 Å². The first-order valence-corrected chi connectivity index (χ1v) is 8.08. The Morgan fingerprint density at radius 1 is 1.17 bits per heavy atom. The zero-order valence-electron chi connectivity index (χ0n) is 12.7. The van der Waals surface area contributed by atoms with Crippen LogP contribution in [0, 0.1) is 5.41 Å². The lowest BCUT2D eigenvalue weighted by Gasteiger charge is -2.27. The van der Waals surface area contributed by atoms with Crippen LogP contribution in [-0.2, 0) is 0 Å². The second-order valence-corrected chi connectivity index (χ2v) is 7.21. The van der Waals surface area contributed by atoms with E-state index in [1.807, 2.05) is 0 Å². The van der Waals surface area contributed by atoms with Crippen LogP contribution >= 0.6 is 0 Å². The Bertz CT molecular complexity index is 245. The van der Waals surface area contributed by atoms with Crippen LogP contribution in [0.4, 0.5) is 0 Å². The van der Waals surface area contributed by atoms with Gasteiger partial charge in [0.05, 0.1) is 0 Å². The maximum Gasteiger partial charge on any atom is 0.0207 e. The molecule has 1 unspecified atom stereocenters. The number of hydrogen-bond acceptors (Lipinski definition) is 2. The monoisotopic (exact) mass is 252 g/mol. The lowest BCUT2D eigenvalue weighted by Crippen LogP contribution is -2.39. The molecule has 1 aliphatic carbocycles. The van der Waals surface area contributed by atoms with Crippen molar-refractivity contribution in [3.63, 3.8) is 0 Å². The van der Waals surface area contributed by atoms with Crippen LogP contribution in [0.3, 0.4) is 0 Å². The number of hydrogen-bond donors (Lipinski definition) is 1. The fourth-order valence-corrected chi connectivity index (χ4v) is 3.09. The quantitative estimate of drug-likeness (QED) is 0.666. The minimum atomic E-state index is 0.474. The summed E-state index contributed by atoms with van der Waals surface area (Å²) in [6, 6.07) is 1.71. The Kier molecular flexibility index (Phi) is 5.08. The van der Waals surface area contributed by atoms with Gasteiger partial charge in [-0.05, 0) is 31.1 Å². The third-order valence-corrected chi connectivity index (χ3v) is 4.61. The molecule has 1 heterocycles. The van der Waals surface area contributed by atoms with Gasteiger partial charge in [-0.15, -0.1) is 0 Å². The van der Waals surface area contributed by atoms with Crippen molar-refractivity contribution >= 4 is 0 Å². The summed E-state index contributed by atoms with van der Waals surface area (Å²) in [5.74, 6) is 0. The summed E-state index contributed by atoms with van der Waals surface area (Å²) in [6.45, 7) is 11.0. The number of likely N-dealkylation sites (tertiary alicyclic amines) is 1. The van der Waals surface area contributed by atoms with E-state index in [2.05, 4.69) is 31.0 Å². The standard InChI is InChI=1S/C16H32N2/c1-4-5-6-10-16(2,3)13-17-14-9-11-18(12-14)15-7-8-15/h14-15,17H,4-13H2,1-3H3. The van der Waals surface area contributed by atoms with Crippen molar-refractivity contribution in [3.05, 3.63) is 0 Å². The molecule has 2 heteroatoms. The van der Waals surface area contributed by atoms with E-state index in [-0.39, 0.29) is 0 Å². The van der Waals surface area contributed by atoms with Crippen molar-refractivity contribution in [1.29, 1.82) is 0 Å². The van der Waals surface area contributed by atoms with Gasteiger partial charge in [0.25, 0.3) is 0 Å². The Labute approximate surface area is 114 Å². The number of nitrogens with zero attached hydrogens (tertiary/aromatic N) is 1. The molecule has 0 bridgehead atoms. The van der Waals surface area contributed by atoms with Gasteiger partial charge in [-0.2, -0.15) is 0 Å². The fraction of sp³-hybridized carbons (Fsp3) is 1.00. The Hall–Kier alpha value is -0.0800. The number of rotatable bonds is 8. The van der Waals surface area contributed by atoms with E-state index >= 15 is 0 Å². The SMILES string of the molecule is CCCCCC(C)(C)CNC1CCN(C2CC2)C1. The van der Waals surface area contributed by atoms with Crippen LogP contribution in [0.25, 0.3) is 0 Å². The summed E-state index contributed by atoms with van der Waals surface area (Å²) in [5.41, 5.74) is 0.474. The molecule has 1 N–H and O–H groups in total. The molecule has 0 radical (unpaired) electrons. The van der Waals surface area contributed by atoms with Gasteiger partial charge in [-0.3, -0.25) is 4.90 Å². The van der Waals surface area contributed by atoms with Gasteiger partial charge in [-0.25, -0.2) is 0 Å². The molecule has 0 spiro atoms. The van der Waals surface area contributed by atoms with E-state index in [0.717, 1.165) is 12.1 Å². The minimum absolute atomic E-state index is 0.474. The highest BCUT2D eigenvalue weighted by atomic mass is 15.2. The highest BCUT2D eigenvalue weighted by Gasteiger charge is 2.34. The molecule has 1 saturated heterocycles. The van der Waals surface area contributed by atoms with Crippen LogP contribution in [0.5, 0.6) is 0 Å². The molecule has 0 aromatic heterocycles. The van der Waals surface area contributed by atoms with Crippen LogP contribution in [-0.4, -0.2) is 36.6 Å². The van der Waals surface area contributed by atoms with Gasteiger partial charge >= 0.3 is 0 Å². The lowest BCUT2D eigenvalue weighted by atomic mass is 9.86. The van der Waals surface area contributed by atoms with Crippen LogP contribution in [0.2, 0.25) is 0 Å². The Balaban J connectivity index is 1.61. The van der Waals surface area contributed by atoms with Gasteiger partial charge in [0.1, 0.15) is 0 Å². The molecule has 2 aliphatic rings. The molecule has 1 saturated carbocycles. The molecule has 0 aromatic rings. The average molecular weight is 252 g/mol. The van der Waals surface area contributed by atoms with Gasteiger partial charge in [0.2, 0.25) is 0 Å². The molecular formula is C16H32N2. The van der Waals surface area contributed by atoms with Gasteiger partial charge in [0, 0.05) is 31.7 Å². The van der Waals surface area contributed by atoms with Crippen molar-refractivity contribution in [2.75, 3.05) is 19.6 Å². The van der Waals surface area contributed by atoms with Crippen molar-refractivity contribution < 1.29 is 0 Å². The third-order valence-electron chi connectivity index (χ3n) is 4.61. The number of nitrogens with one attached hydrogen (secondary N) is 1. The van der Waals surface area contributed by atoms with Gasteiger partial charge in [-0.1, -0.05) is 40.0 Å². The van der Waals surface area contributed by atoms with Crippen molar-refractivity contribution in [2.24, 2.45) is 5.41 Å². The first-order valence-electron chi connectivity index (χ1n) is 8.08. The van der Waals surface area contributed by atoms with E-state index in [1.165, 1.54) is 64.6 Å². The second kappa shape index (κ2) is 6.38. The molecule has 0 amide bonds. The summed E-state index contributed by atoms with van der Waals surface area (Å²) in [7, 11) is 0. The van der Waals surface area contributed by atoms with E-state index in [1.54, 1.807) is 0 Å². The van der Waals surface area contributed by atoms with Gasteiger partial charge < -0.3 is 5.32 Å². The van der Waals surface area contributed by atoms with E-state index < -0.39 is 0 Å². The van der Waals surface area contributed by atoms with Crippen LogP contribution < -0.4 is 5.32 Å². The molecule has 2 nitrogen and oxygen atoms in total. The summed E-state index contributed by atoms with van der Waals surface area (Å²) < 4.78 is 0. The number of unbranched alkanes of at least 4 members (excludes halogenated alkanes) is 2. The predicted octanol–water partition coefficient (Wildman–Crippen LogP) is 3.42. The second-order valence-electron chi connectivity index (χ2n) is 7.21. The minimum Gasteiger partial charge on any atom is -0.312 e. The maximum atomic E-state index is 3.82. The third kappa shape index (κ3) is 4.55. The molecular weight excluding hydrogens is 220 g/mol. The summed E-state index contributed by atoms with van der Waals surface area (Å²) >= 11 is 0. The van der Waals surface area contributed by atoms with Crippen LogP contribution in [0.1, 0.15) is 65.7 Å². The van der Waals surface area contributed by atoms with Crippen molar-refractivity contribution in [3.8, 4) is 0 Å². The highest BCUT2D eigenvalue weighted by molar-refractivity contribution is 4.92. The molecule has 106 valence electrons. The average Bonchev–Trinajstić information content (AvgIpc) is 3.07. The maximum absolute atomic E-state index is 3.82. The summed E-state index contributed by atoms with van der Waals surface area (Å²) in [4.78, 5) is 2.70. The topological polar surface area (TPSA) is 15.3 Å². The molecule has 2 rings (SSSR count). The highest BCUT2D eigenvalue weighted by Crippen LogP contribution is 2.30. The van der Waals surface area contributed by atoms with Gasteiger partial charge in [0.15, 0.2) is 0 Å². The largest absolute Gasteiger partial charge is 0.312 e. The smallest absolute Gasteiger partial charge is 0.0207 e. The molecule has 2 fully saturated rings. The van der Waals surface area contributed by atoms with Crippen molar-refractivity contribution in [1.82, 2.24) is 10.2 Å². The molecule has 18 heavy (non-hydrogen) atoms. The normalized spacial score (nSPS) is 25.8. The first kappa shape index (κ1) is 14.3. The molecule has 1 atom stereocenters. The fourth-order valence-electron chi connectivity index (χ4n) is 3.09. The predicted molar refractivity (Wildman–Crippen MR) is 78.9 cm³/mol. The first-order chi connectivity index (χ1) is 8.61. The Morgan fingerprint density at radius 2 is 1.94 bits per heavy atom. The molecule has 1 aliphatic heterocycles. The summed E-state index contributed by atoms with van der Waals surface area (Å²) in [5, 5.41) is 3.82.